The average molecular weight is 292 g/mol. The van der Waals surface area contributed by atoms with Gasteiger partial charge in [0.15, 0.2) is 5.78 Å². The smallest absolute Gasteiger partial charge is 0.294 e. The monoisotopic (exact) mass is 291 g/mol. The summed E-state index contributed by atoms with van der Waals surface area (Å²) in [6.07, 6.45) is -4.57. The molecule has 0 radical (unpaired) electrons. The van der Waals surface area contributed by atoms with E-state index in [0.29, 0.717) is 6.07 Å². The van der Waals surface area contributed by atoms with E-state index < -0.39 is 17.5 Å². The van der Waals surface area contributed by atoms with Gasteiger partial charge in [0, 0.05) is 10.0 Å². The first kappa shape index (κ1) is 12.7. The van der Waals surface area contributed by atoms with Crippen molar-refractivity contribution in [1.82, 2.24) is 0 Å². The molecule has 1 aromatic carbocycles. The second kappa shape index (κ2) is 4.26. The lowest BCUT2D eigenvalue weighted by atomic mass is 10.0. The van der Waals surface area contributed by atoms with Gasteiger partial charge in [-0.1, -0.05) is 0 Å². The maximum atomic E-state index is 12.4. The number of ketones is 1. The number of benzene rings is 1. The molecule has 0 saturated carbocycles. The van der Waals surface area contributed by atoms with Gasteiger partial charge < -0.3 is 0 Å². The number of alkyl halides is 3. The number of hydrogen-bond acceptors (Lipinski definition) is 2. The van der Waals surface area contributed by atoms with E-state index in [1.54, 1.807) is 6.07 Å². The number of hydrogen-bond donors (Lipinski definition) is 0. The fraction of sp³-hybridized carbons (Fsp3) is 0.200. The van der Waals surface area contributed by atoms with Gasteiger partial charge in [0.25, 0.3) is 0 Å². The first-order valence-electron chi connectivity index (χ1n) is 4.09. The van der Waals surface area contributed by atoms with Crippen LogP contribution in [0.3, 0.4) is 0 Å². The van der Waals surface area contributed by atoms with E-state index in [1.807, 2.05) is 0 Å². The molecule has 1 rings (SSSR count). The minimum absolute atomic E-state index is 0.0931. The summed E-state index contributed by atoms with van der Waals surface area (Å²) in [4.78, 5) is 11.1. The molecule has 2 nitrogen and oxygen atoms in total. The molecule has 0 N–H and O–H groups in total. The molecule has 0 saturated heterocycles. The predicted octanol–water partition coefficient (Wildman–Crippen LogP) is 3.54. The Morgan fingerprint density at radius 2 is 2.00 bits per heavy atom. The number of Topliss-reactive ketones (excluding diaryl/α,β-unsaturated/α-hetero) is 1. The molecular weight excluding hydrogens is 287 g/mol. The summed E-state index contributed by atoms with van der Waals surface area (Å²) in [7, 11) is 0. The fourth-order valence-corrected chi connectivity index (χ4v) is 1.72. The van der Waals surface area contributed by atoms with Crippen molar-refractivity contribution in [3.8, 4) is 6.07 Å². The fourth-order valence-electron chi connectivity index (χ4n) is 1.13. The summed E-state index contributed by atoms with van der Waals surface area (Å²) in [5, 5.41) is 8.66. The molecule has 1 aromatic rings. The molecule has 0 aliphatic heterocycles. The number of halogens is 4. The van der Waals surface area contributed by atoms with Gasteiger partial charge in [-0.2, -0.15) is 18.4 Å². The molecule has 0 atom stereocenters. The summed E-state index contributed by atoms with van der Waals surface area (Å²) in [6, 6.07) is 3.04. The van der Waals surface area contributed by atoms with Crippen LogP contribution in [0, 0.1) is 11.3 Å². The Bertz CT molecular complexity index is 488. The van der Waals surface area contributed by atoms with Gasteiger partial charge >= 0.3 is 6.18 Å². The van der Waals surface area contributed by atoms with Crippen molar-refractivity contribution < 1.29 is 18.0 Å². The Morgan fingerprint density at radius 1 is 1.44 bits per heavy atom. The van der Waals surface area contributed by atoms with Crippen molar-refractivity contribution in [2.24, 2.45) is 0 Å². The van der Waals surface area contributed by atoms with E-state index >= 15 is 0 Å². The predicted molar refractivity (Wildman–Crippen MR) is 53.9 cm³/mol. The lowest BCUT2D eigenvalue weighted by molar-refractivity contribution is -0.137. The van der Waals surface area contributed by atoms with Gasteiger partial charge in [0.2, 0.25) is 0 Å². The van der Waals surface area contributed by atoms with Crippen molar-refractivity contribution in [3.05, 3.63) is 33.3 Å². The molecular formula is C10H5BrF3NO. The van der Waals surface area contributed by atoms with Gasteiger partial charge in [0.05, 0.1) is 11.1 Å². The highest BCUT2D eigenvalue weighted by Crippen LogP contribution is 2.34. The number of carbonyl (C=O) groups excluding carboxylic acids is 1. The van der Waals surface area contributed by atoms with Crippen molar-refractivity contribution in [1.29, 1.82) is 5.26 Å². The van der Waals surface area contributed by atoms with Gasteiger partial charge in [-0.15, -0.1) is 0 Å². The third-order valence-corrected chi connectivity index (χ3v) is 2.75. The SMILES string of the molecule is CC(=O)c1cc(C(F)(F)F)cc(C#N)c1Br. The van der Waals surface area contributed by atoms with E-state index in [9.17, 15) is 18.0 Å². The maximum Gasteiger partial charge on any atom is 0.416 e. The Morgan fingerprint density at radius 3 is 2.38 bits per heavy atom. The second-order valence-corrected chi connectivity index (χ2v) is 3.84. The maximum absolute atomic E-state index is 12.4. The summed E-state index contributed by atoms with van der Waals surface area (Å²) in [5.74, 6) is -0.533. The summed E-state index contributed by atoms with van der Waals surface area (Å²) in [6.45, 7) is 1.14. The number of nitriles is 1. The van der Waals surface area contributed by atoms with Crippen LogP contribution >= 0.6 is 15.9 Å². The molecule has 6 heteroatoms. The van der Waals surface area contributed by atoms with Gasteiger partial charge in [-0.25, -0.2) is 0 Å². The molecule has 84 valence electrons. The Labute approximate surface area is 97.8 Å². The molecule has 0 aliphatic rings. The zero-order valence-electron chi connectivity index (χ0n) is 8.02. The second-order valence-electron chi connectivity index (χ2n) is 3.05. The van der Waals surface area contributed by atoms with Crippen LogP contribution in [0.1, 0.15) is 28.4 Å². The number of nitrogens with zero attached hydrogens (tertiary/aromatic N) is 1. The highest BCUT2D eigenvalue weighted by Gasteiger charge is 2.32. The van der Waals surface area contributed by atoms with E-state index in [4.69, 9.17) is 5.26 Å². The van der Waals surface area contributed by atoms with Crippen LogP contribution < -0.4 is 0 Å². The average Bonchev–Trinajstić information content (AvgIpc) is 2.15. The Balaban J connectivity index is 3.54. The first-order valence-corrected chi connectivity index (χ1v) is 4.88. The third-order valence-electron chi connectivity index (χ3n) is 1.90. The number of rotatable bonds is 1. The summed E-state index contributed by atoms with van der Waals surface area (Å²) in [5.41, 5.74) is -1.36. The highest BCUT2D eigenvalue weighted by atomic mass is 79.9. The standard InChI is InChI=1S/C10H5BrF3NO/c1-5(16)8-3-7(10(12,13)14)2-6(4-15)9(8)11/h2-3H,1H3. The van der Waals surface area contributed by atoms with Crippen molar-refractivity contribution in [2.75, 3.05) is 0 Å². The molecule has 16 heavy (non-hydrogen) atoms. The van der Waals surface area contributed by atoms with Gasteiger partial charge in [-0.3, -0.25) is 4.79 Å². The third kappa shape index (κ3) is 2.42. The minimum atomic E-state index is -4.57. The molecule has 0 heterocycles. The zero-order chi connectivity index (χ0) is 12.5. The quantitative estimate of drug-likeness (QED) is 0.743. The van der Waals surface area contributed by atoms with E-state index in [2.05, 4.69) is 15.9 Å². The molecule has 0 aromatic heterocycles. The molecule has 0 aliphatic carbocycles. The summed E-state index contributed by atoms with van der Waals surface area (Å²) >= 11 is 2.93. The summed E-state index contributed by atoms with van der Waals surface area (Å²) < 4.78 is 37.4. The van der Waals surface area contributed by atoms with Crippen molar-refractivity contribution in [3.63, 3.8) is 0 Å². The normalized spacial score (nSPS) is 11.0. The van der Waals surface area contributed by atoms with E-state index in [1.165, 1.54) is 0 Å². The topological polar surface area (TPSA) is 40.9 Å². The van der Waals surface area contributed by atoms with Crippen LogP contribution in [0.25, 0.3) is 0 Å². The molecule has 0 bridgehead atoms. The Kier molecular flexibility index (Phi) is 3.38. The van der Waals surface area contributed by atoms with Gasteiger partial charge in [-0.05, 0) is 35.0 Å². The van der Waals surface area contributed by atoms with Crippen LogP contribution in [0.4, 0.5) is 13.2 Å². The number of carbonyl (C=O) groups is 1. The van der Waals surface area contributed by atoms with Gasteiger partial charge in [0.1, 0.15) is 6.07 Å². The van der Waals surface area contributed by atoms with E-state index in [0.717, 1.165) is 13.0 Å². The van der Waals surface area contributed by atoms with Crippen molar-refractivity contribution in [2.45, 2.75) is 13.1 Å². The lowest BCUT2D eigenvalue weighted by Crippen LogP contribution is -2.08. The Hall–Kier alpha value is -1.35. The molecule has 0 amide bonds. The van der Waals surface area contributed by atoms with Crippen LogP contribution in [0.15, 0.2) is 16.6 Å². The molecule has 0 unspecified atom stereocenters. The van der Waals surface area contributed by atoms with Crippen molar-refractivity contribution >= 4 is 21.7 Å². The molecule has 0 spiro atoms. The zero-order valence-corrected chi connectivity index (χ0v) is 9.61. The minimum Gasteiger partial charge on any atom is -0.294 e. The molecule has 0 fully saturated rings. The van der Waals surface area contributed by atoms with E-state index in [-0.39, 0.29) is 15.6 Å². The lowest BCUT2D eigenvalue weighted by Gasteiger charge is -2.10. The first-order chi connectivity index (χ1) is 7.27. The van der Waals surface area contributed by atoms with Crippen LogP contribution in [0.5, 0.6) is 0 Å². The van der Waals surface area contributed by atoms with Crippen LogP contribution in [-0.4, -0.2) is 5.78 Å². The van der Waals surface area contributed by atoms with Crippen LogP contribution in [-0.2, 0) is 6.18 Å². The van der Waals surface area contributed by atoms with Crippen LogP contribution in [0.2, 0.25) is 0 Å². The highest BCUT2D eigenvalue weighted by molar-refractivity contribution is 9.10. The largest absolute Gasteiger partial charge is 0.416 e.